The molecule has 0 aliphatic carbocycles. The summed E-state index contributed by atoms with van der Waals surface area (Å²) in [5.74, 6) is 0.824. The summed E-state index contributed by atoms with van der Waals surface area (Å²) in [6.07, 6.45) is 0.949. The van der Waals surface area contributed by atoms with Gasteiger partial charge in [0.1, 0.15) is 10.5 Å². The van der Waals surface area contributed by atoms with Crippen LogP contribution >= 0.6 is 11.3 Å². The molecule has 0 aromatic carbocycles. The van der Waals surface area contributed by atoms with Crippen molar-refractivity contribution in [3.8, 4) is 0 Å². The number of carbonyl (C=O) groups is 1. The van der Waals surface area contributed by atoms with Gasteiger partial charge >= 0.3 is 0 Å². The highest BCUT2D eigenvalue weighted by Gasteiger charge is 2.17. The first kappa shape index (κ1) is 14.2. The van der Waals surface area contributed by atoms with Crippen LogP contribution in [0.1, 0.15) is 19.2 Å². The van der Waals surface area contributed by atoms with Gasteiger partial charge in [0.2, 0.25) is 5.91 Å². The number of carbonyl (C=O) groups excluding carboxylic acids is 1. The minimum absolute atomic E-state index is 0.0646. The first-order chi connectivity index (χ1) is 10.1. The molecule has 1 amide bonds. The Labute approximate surface area is 126 Å². The molecule has 1 aliphatic heterocycles. The molecule has 2 aromatic rings. The molecule has 0 bridgehead atoms. The van der Waals surface area contributed by atoms with E-state index in [0.717, 1.165) is 38.1 Å². The molecule has 1 aliphatic rings. The topological polar surface area (TPSA) is 69.3 Å². The van der Waals surface area contributed by atoms with Crippen molar-refractivity contribution in [2.75, 3.05) is 26.2 Å². The number of aromatic amines is 1. The number of nitrogens with zero attached hydrogens (tertiary/aromatic N) is 3. The van der Waals surface area contributed by atoms with Gasteiger partial charge < -0.3 is 9.88 Å². The van der Waals surface area contributed by atoms with E-state index in [-0.39, 0.29) is 11.5 Å². The second kappa shape index (κ2) is 5.95. The first-order valence-corrected chi connectivity index (χ1v) is 7.96. The number of aromatic nitrogens is 2. The van der Waals surface area contributed by atoms with Gasteiger partial charge in [0, 0.05) is 33.1 Å². The molecule has 0 unspecified atom stereocenters. The highest BCUT2D eigenvalue weighted by molar-refractivity contribution is 7.17. The normalized spacial score (nSPS) is 17.1. The summed E-state index contributed by atoms with van der Waals surface area (Å²) in [4.78, 5) is 34.9. The van der Waals surface area contributed by atoms with Gasteiger partial charge in [-0.25, -0.2) is 4.98 Å². The number of rotatable bonds is 2. The number of hydrogen-bond donors (Lipinski definition) is 1. The lowest BCUT2D eigenvalue weighted by molar-refractivity contribution is -0.128. The van der Waals surface area contributed by atoms with E-state index in [9.17, 15) is 9.59 Å². The van der Waals surface area contributed by atoms with Crippen LogP contribution in [-0.2, 0) is 11.3 Å². The van der Waals surface area contributed by atoms with Crippen LogP contribution in [0.3, 0.4) is 0 Å². The molecule has 1 fully saturated rings. The molecule has 112 valence electrons. The molecule has 1 N–H and O–H groups in total. The summed E-state index contributed by atoms with van der Waals surface area (Å²) >= 11 is 1.41. The molecule has 3 rings (SSSR count). The van der Waals surface area contributed by atoms with Crippen LogP contribution in [-0.4, -0.2) is 51.9 Å². The number of thiophene rings is 1. The zero-order chi connectivity index (χ0) is 14.8. The van der Waals surface area contributed by atoms with Crippen LogP contribution in [0.2, 0.25) is 0 Å². The third-order valence-electron chi connectivity index (χ3n) is 3.77. The molecular formula is C14H18N4O2S. The minimum Gasteiger partial charge on any atom is -0.342 e. The molecule has 21 heavy (non-hydrogen) atoms. The maximum Gasteiger partial charge on any atom is 0.268 e. The Morgan fingerprint density at radius 3 is 3.05 bits per heavy atom. The maximum atomic E-state index is 12.0. The highest BCUT2D eigenvalue weighted by atomic mass is 32.1. The lowest BCUT2D eigenvalue weighted by atomic mass is 10.3. The largest absolute Gasteiger partial charge is 0.342 e. The molecule has 0 atom stereocenters. The second-order valence-corrected chi connectivity index (χ2v) is 6.20. The Hall–Kier alpha value is -1.73. The van der Waals surface area contributed by atoms with Crippen LogP contribution in [0.4, 0.5) is 0 Å². The predicted octanol–water partition coefficient (Wildman–Crippen LogP) is 1.04. The van der Waals surface area contributed by atoms with Gasteiger partial charge in [-0.1, -0.05) is 0 Å². The first-order valence-electron chi connectivity index (χ1n) is 7.08. The number of H-pyrrole nitrogens is 1. The molecular weight excluding hydrogens is 288 g/mol. The fraction of sp³-hybridized carbons (Fsp3) is 0.500. The predicted molar refractivity (Wildman–Crippen MR) is 82.4 cm³/mol. The number of fused-ring (bicyclic) bond motifs is 1. The lowest BCUT2D eigenvalue weighted by Gasteiger charge is -2.20. The van der Waals surface area contributed by atoms with Crippen molar-refractivity contribution >= 4 is 27.5 Å². The van der Waals surface area contributed by atoms with Gasteiger partial charge in [0.25, 0.3) is 5.56 Å². The quantitative estimate of drug-likeness (QED) is 0.900. The fourth-order valence-corrected chi connectivity index (χ4v) is 3.38. The summed E-state index contributed by atoms with van der Waals surface area (Å²) < 4.78 is 0.678. The molecule has 2 aromatic heterocycles. The van der Waals surface area contributed by atoms with Crippen LogP contribution in [0.15, 0.2) is 16.2 Å². The summed E-state index contributed by atoms with van der Waals surface area (Å²) in [7, 11) is 0. The van der Waals surface area contributed by atoms with Crippen molar-refractivity contribution in [3.63, 3.8) is 0 Å². The van der Waals surface area contributed by atoms with Gasteiger partial charge in [-0.3, -0.25) is 14.5 Å². The molecule has 0 saturated carbocycles. The van der Waals surface area contributed by atoms with Gasteiger partial charge in [-0.05, 0) is 17.9 Å². The van der Waals surface area contributed by atoms with Gasteiger partial charge in [-0.15, -0.1) is 11.3 Å². The van der Waals surface area contributed by atoms with Crippen molar-refractivity contribution in [2.24, 2.45) is 0 Å². The van der Waals surface area contributed by atoms with Crippen LogP contribution in [0.5, 0.6) is 0 Å². The van der Waals surface area contributed by atoms with Crippen molar-refractivity contribution in [2.45, 2.75) is 19.9 Å². The number of amides is 1. The number of nitrogens with one attached hydrogen (secondary N) is 1. The zero-order valence-electron chi connectivity index (χ0n) is 12.0. The van der Waals surface area contributed by atoms with E-state index in [4.69, 9.17) is 0 Å². The van der Waals surface area contributed by atoms with Crippen molar-refractivity contribution < 1.29 is 4.79 Å². The average molecular weight is 306 g/mol. The summed E-state index contributed by atoms with van der Waals surface area (Å²) in [5.41, 5.74) is 0.698. The van der Waals surface area contributed by atoms with Gasteiger partial charge in [0.15, 0.2) is 0 Å². The monoisotopic (exact) mass is 306 g/mol. The van der Waals surface area contributed by atoms with E-state index in [1.807, 2.05) is 16.3 Å². The molecule has 6 nitrogen and oxygen atoms in total. The summed E-state index contributed by atoms with van der Waals surface area (Å²) in [6.45, 7) is 5.49. The van der Waals surface area contributed by atoms with Crippen LogP contribution < -0.4 is 5.56 Å². The van der Waals surface area contributed by atoms with E-state index in [2.05, 4.69) is 14.9 Å². The smallest absolute Gasteiger partial charge is 0.268 e. The highest BCUT2D eigenvalue weighted by Crippen LogP contribution is 2.14. The SMILES string of the molecule is CC(=O)N1CCCN(Cc2nc3ccsc3c(=O)[nH]2)CC1. The van der Waals surface area contributed by atoms with E-state index in [1.165, 1.54) is 11.3 Å². The second-order valence-electron chi connectivity index (χ2n) is 5.28. The van der Waals surface area contributed by atoms with Crippen molar-refractivity contribution in [1.29, 1.82) is 0 Å². The molecule has 7 heteroatoms. The van der Waals surface area contributed by atoms with Crippen molar-refractivity contribution in [3.05, 3.63) is 27.6 Å². The van der Waals surface area contributed by atoms with E-state index in [0.29, 0.717) is 17.1 Å². The molecule has 3 heterocycles. The molecule has 1 saturated heterocycles. The Morgan fingerprint density at radius 1 is 1.38 bits per heavy atom. The Kier molecular flexibility index (Phi) is 4.03. The molecule has 0 spiro atoms. The summed E-state index contributed by atoms with van der Waals surface area (Å²) in [5, 5.41) is 1.88. The lowest BCUT2D eigenvalue weighted by Crippen LogP contribution is -2.33. The average Bonchev–Trinajstić information content (AvgIpc) is 2.78. The van der Waals surface area contributed by atoms with Gasteiger partial charge in [0.05, 0.1) is 12.1 Å². The van der Waals surface area contributed by atoms with E-state index < -0.39 is 0 Å². The third-order valence-corrected chi connectivity index (χ3v) is 4.67. The zero-order valence-corrected chi connectivity index (χ0v) is 12.8. The number of hydrogen-bond acceptors (Lipinski definition) is 5. The fourth-order valence-electron chi connectivity index (χ4n) is 2.65. The molecule has 0 radical (unpaired) electrons. The maximum absolute atomic E-state index is 12.0. The van der Waals surface area contributed by atoms with Gasteiger partial charge in [-0.2, -0.15) is 0 Å². The Balaban J connectivity index is 1.73. The Bertz CT molecular complexity index is 708. The van der Waals surface area contributed by atoms with E-state index in [1.54, 1.807) is 6.92 Å². The summed E-state index contributed by atoms with van der Waals surface area (Å²) in [6, 6.07) is 1.87. The van der Waals surface area contributed by atoms with E-state index >= 15 is 0 Å². The van der Waals surface area contributed by atoms with Crippen LogP contribution in [0.25, 0.3) is 10.2 Å². The Morgan fingerprint density at radius 2 is 2.24 bits per heavy atom. The minimum atomic E-state index is -0.0646. The van der Waals surface area contributed by atoms with Crippen molar-refractivity contribution in [1.82, 2.24) is 19.8 Å². The standard InChI is InChI=1S/C14H18N4O2S/c1-10(19)18-5-2-4-17(6-7-18)9-12-15-11-3-8-21-13(11)14(20)16-12/h3,8H,2,4-7,9H2,1H3,(H,15,16,20). The van der Waals surface area contributed by atoms with Crippen LogP contribution in [0, 0.1) is 0 Å². The third kappa shape index (κ3) is 3.14.